The van der Waals surface area contributed by atoms with Crippen LogP contribution in [0.4, 0.5) is 4.48 Å². The SMILES string of the molecule is FN1CCC2(CC1)COC2. The van der Waals surface area contributed by atoms with Gasteiger partial charge in [0.2, 0.25) is 0 Å². The summed E-state index contributed by atoms with van der Waals surface area (Å²) in [7, 11) is 0. The molecule has 0 aliphatic carbocycles. The summed E-state index contributed by atoms with van der Waals surface area (Å²) in [5, 5.41) is 0.906. The van der Waals surface area contributed by atoms with Gasteiger partial charge in [0.1, 0.15) is 0 Å². The van der Waals surface area contributed by atoms with E-state index in [9.17, 15) is 4.48 Å². The van der Waals surface area contributed by atoms with Gasteiger partial charge >= 0.3 is 0 Å². The van der Waals surface area contributed by atoms with Crippen molar-refractivity contribution in [3.8, 4) is 0 Å². The van der Waals surface area contributed by atoms with E-state index in [4.69, 9.17) is 4.74 Å². The first-order valence-corrected chi connectivity index (χ1v) is 3.79. The van der Waals surface area contributed by atoms with E-state index in [1.807, 2.05) is 0 Å². The van der Waals surface area contributed by atoms with E-state index in [2.05, 4.69) is 0 Å². The summed E-state index contributed by atoms with van der Waals surface area (Å²) in [5.74, 6) is 0. The van der Waals surface area contributed by atoms with Crippen molar-refractivity contribution in [2.45, 2.75) is 12.8 Å². The van der Waals surface area contributed by atoms with Crippen LogP contribution in [0.3, 0.4) is 0 Å². The van der Waals surface area contributed by atoms with Gasteiger partial charge < -0.3 is 4.74 Å². The van der Waals surface area contributed by atoms with Crippen LogP contribution in [-0.2, 0) is 4.74 Å². The second-order valence-corrected chi connectivity index (χ2v) is 3.40. The van der Waals surface area contributed by atoms with Crippen LogP contribution in [0.25, 0.3) is 0 Å². The zero-order chi connectivity index (χ0) is 7.03. The molecular weight excluding hydrogens is 133 g/mol. The Balaban J connectivity index is 1.90. The quantitative estimate of drug-likeness (QED) is 0.471. The first-order chi connectivity index (χ1) is 4.81. The number of nitrogens with zero attached hydrogens (tertiary/aromatic N) is 1. The van der Waals surface area contributed by atoms with Gasteiger partial charge in [-0.1, -0.05) is 0 Å². The van der Waals surface area contributed by atoms with E-state index in [1.165, 1.54) is 0 Å². The Morgan fingerprint density at radius 1 is 1.20 bits per heavy atom. The Morgan fingerprint density at radius 2 is 1.80 bits per heavy atom. The molecule has 2 saturated heterocycles. The molecule has 0 radical (unpaired) electrons. The maximum Gasteiger partial charge on any atom is 0.0545 e. The molecule has 2 aliphatic rings. The molecule has 0 aromatic carbocycles. The number of rotatable bonds is 0. The molecule has 0 unspecified atom stereocenters. The second kappa shape index (κ2) is 2.17. The predicted octanol–water partition coefficient (Wildman–Crippen LogP) is 0.983. The summed E-state index contributed by atoms with van der Waals surface area (Å²) in [4.78, 5) is 0. The fourth-order valence-corrected chi connectivity index (χ4v) is 1.63. The van der Waals surface area contributed by atoms with Crippen LogP contribution >= 0.6 is 0 Å². The highest BCUT2D eigenvalue weighted by Crippen LogP contribution is 2.38. The van der Waals surface area contributed by atoms with E-state index in [0.29, 0.717) is 18.5 Å². The molecule has 0 atom stereocenters. The van der Waals surface area contributed by atoms with Crippen molar-refractivity contribution in [2.24, 2.45) is 5.41 Å². The minimum absolute atomic E-state index is 0.378. The van der Waals surface area contributed by atoms with Gasteiger partial charge in [0, 0.05) is 18.5 Å². The molecule has 0 aromatic rings. The van der Waals surface area contributed by atoms with Gasteiger partial charge in [-0.25, -0.2) is 0 Å². The summed E-state index contributed by atoms with van der Waals surface area (Å²) in [6.45, 7) is 2.92. The van der Waals surface area contributed by atoms with E-state index >= 15 is 0 Å². The number of hydrogen-bond donors (Lipinski definition) is 0. The highest BCUT2D eigenvalue weighted by atomic mass is 19.2. The van der Waals surface area contributed by atoms with Crippen LogP contribution in [0.15, 0.2) is 0 Å². The van der Waals surface area contributed by atoms with Gasteiger partial charge in [-0.3, -0.25) is 0 Å². The van der Waals surface area contributed by atoms with Crippen molar-refractivity contribution in [3.63, 3.8) is 0 Å². The Kier molecular flexibility index (Phi) is 1.42. The maximum absolute atomic E-state index is 12.5. The molecule has 0 aromatic heterocycles. The molecule has 2 heterocycles. The Hall–Kier alpha value is -0.150. The minimum atomic E-state index is 0.378. The maximum atomic E-state index is 12.5. The number of hydrogen-bond acceptors (Lipinski definition) is 2. The Labute approximate surface area is 59.9 Å². The molecule has 0 amide bonds. The topological polar surface area (TPSA) is 12.5 Å². The molecule has 0 N–H and O–H groups in total. The average Bonchev–Trinajstić information content (AvgIpc) is 1.86. The summed E-state index contributed by atoms with van der Waals surface area (Å²) in [5.41, 5.74) is 0.378. The number of piperidine rings is 1. The first-order valence-electron chi connectivity index (χ1n) is 3.79. The largest absolute Gasteiger partial charge is 0.380 e. The summed E-state index contributed by atoms with van der Waals surface area (Å²) in [6, 6.07) is 0. The van der Waals surface area contributed by atoms with Crippen molar-refractivity contribution in [3.05, 3.63) is 0 Å². The lowest BCUT2D eigenvalue weighted by Gasteiger charge is -2.45. The summed E-state index contributed by atoms with van der Waals surface area (Å²) >= 11 is 0. The second-order valence-electron chi connectivity index (χ2n) is 3.40. The van der Waals surface area contributed by atoms with Crippen LogP contribution in [0.1, 0.15) is 12.8 Å². The van der Waals surface area contributed by atoms with Crippen LogP contribution in [0, 0.1) is 5.41 Å². The van der Waals surface area contributed by atoms with E-state index in [-0.39, 0.29) is 0 Å². The Morgan fingerprint density at radius 3 is 2.20 bits per heavy atom. The minimum Gasteiger partial charge on any atom is -0.380 e. The molecule has 2 nitrogen and oxygen atoms in total. The first kappa shape index (κ1) is 6.55. The molecule has 58 valence electrons. The van der Waals surface area contributed by atoms with Crippen molar-refractivity contribution >= 4 is 0 Å². The van der Waals surface area contributed by atoms with Gasteiger partial charge in [-0.05, 0) is 12.8 Å². The summed E-state index contributed by atoms with van der Waals surface area (Å²) in [6.07, 6.45) is 1.95. The summed E-state index contributed by atoms with van der Waals surface area (Å²) < 4.78 is 17.6. The zero-order valence-corrected chi connectivity index (χ0v) is 5.98. The standard InChI is InChI=1S/C7H12FNO/c8-9-3-1-7(2-4-9)5-10-6-7/h1-6H2. The lowest BCUT2D eigenvalue weighted by atomic mass is 9.77. The van der Waals surface area contributed by atoms with Gasteiger partial charge in [-0.2, -0.15) is 0 Å². The highest BCUT2D eigenvalue weighted by Gasteiger charge is 2.41. The fraction of sp³-hybridized carbons (Fsp3) is 1.00. The van der Waals surface area contributed by atoms with Gasteiger partial charge in [0.25, 0.3) is 0 Å². The van der Waals surface area contributed by atoms with Crippen LogP contribution in [0.2, 0.25) is 0 Å². The van der Waals surface area contributed by atoms with E-state index in [0.717, 1.165) is 31.2 Å². The third kappa shape index (κ3) is 0.935. The highest BCUT2D eigenvalue weighted by molar-refractivity contribution is 4.89. The molecule has 2 fully saturated rings. The van der Waals surface area contributed by atoms with Gasteiger partial charge in [-0.15, -0.1) is 9.60 Å². The van der Waals surface area contributed by atoms with Crippen molar-refractivity contribution in [1.29, 1.82) is 0 Å². The molecule has 2 aliphatic heterocycles. The molecule has 1 spiro atoms. The number of ether oxygens (including phenoxy) is 1. The Bertz CT molecular complexity index is 126. The molecule has 0 bridgehead atoms. The fourth-order valence-electron chi connectivity index (χ4n) is 1.63. The van der Waals surface area contributed by atoms with Crippen LogP contribution in [-0.4, -0.2) is 31.4 Å². The third-order valence-corrected chi connectivity index (χ3v) is 2.59. The molecule has 0 saturated carbocycles. The lowest BCUT2D eigenvalue weighted by molar-refractivity contribution is -0.160. The molecular formula is C7H12FNO. The lowest BCUT2D eigenvalue weighted by Crippen LogP contribution is -2.49. The monoisotopic (exact) mass is 145 g/mol. The smallest absolute Gasteiger partial charge is 0.0545 e. The number of halogens is 1. The molecule has 2 rings (SSSR count). The van der Waals surface area contributed by atoms with Gasteiger partial charge in [0.15, 0.2) is 0 Å². The van der Waals surface area contributed by atoms with E-state index in [1.54, 1.807) is 0 Å². The molecule has 3 heteroatoms. The van der Waals surface area contributed by atoms with Gasteiger partial charge in [0.05, 0.1) is 13.2 Å². The van der Waals surface area contributed by atoms with Crippen LogP contribution < -0.4 is 0 Å². The zero-order valence-electron chi connectivity index (χ0n) is 5.98. The van der Waals surface area contributed by atoms with Crippen molar-refractivity contribution in [2.75, 3.05) is 26.3 Å². The van der Waals surface area contributed by atoms with E-state index < -0.39 is 0 Å². The normalized spacial score (nSPS) is 32.1. The third-order valence-electron chi connectivity index (χ3n) is 2.59. The predicted molar refractivity (Wildman–Crippen MR) is 35.2 cm³/mol. The van der Waals surface area contributed by atoms with Crippen LogP contribution in [0.5, 0.6) is 0 Å². The molecule has 10 heavy (non-hydrogen) atoms. The average molecular weight is 145 g/mol. The van der Waals surface area contributed by atoms with Crippen molar-refractivity contribution < 1.29 is 9.22 Å². The van der Waals surface area contributed by atoms with Crippen molar-refractivity contribution in [1.82, 2.24) is 5.12 Å².